The molecule has 60 heavy (non-hydrogen) atoms. The maximum Gasteiger partial charge on any atom is 0.300 e. The van der Waals surface area contributed by atoms with E-state index in [0.717, 1.165) is 40.3 Å². The largest absolute Gasteiger partial charge is 0.481 e. The fraction of sp³-hybridized carbons (Fsp3) is 0.0189. The molecule has 0 heterocycles. The Hall–Kier alpha value is -6.44. The number of carbonyl (C=O) groups excluding carboxylic acids is 3. The smallest absolute Gasteiger partial charge is 0.300 e. The maximum atomic E-state index is 11.6. The average Bonchev–Trinajstić information content (AvgIpc) is 3.27. The minimum Gasteiger partial charge on any atom is -0.481 e. The Balaban J connectivity index is 0.000000423. The van der Waals surface area contributed by atoms with E-state index in [1.807, 2.05) is 218 Å². The minimum absolute atomic E-state index is 0. The van der Waals surface area contributed by atoms with Crippen LogP contribution in [0.3, 0.4) is 0 Å². The first-order valence-corrected chi connectivity index (χ1v) is 18.5. The van der Waals surface area contributed by atoms with Crippen LogP contribution in [0.4, 0.5) is 0 Å². The van der Waals surface area contributed by atoms with Crippen molar-refractivity contribution in [1.29, 1.82) is 0 Å². The Morgan fingerprint density at radius 1 is 0.300 bits per heavy atom. The van der Waals surface area contributed by atoms with E-state index in [4.69, 9.17) is 9.90 Å². The molecule has 7 heteroatoms. The van der Waals surface area contributed by atoms with Crippen LogP contribution in [0.25, 0.3) is 36.5 Å². The second-order valence-electron chi connectivity index (χ2n) is 12.2. The predicted octanol–water partition coefficient (Wildman–Crippen LogP) is 12.0. The van der Waals surface area contributed by atoms with Crippen LogP contribution in [0, 0.1) is 0 Å². The van der Waals surface area contributed by atoms with Crippen molar-refractivity contribution in [2.45, 2.75) is 6.92 Å². The first-order valence-electron chi connectivity index (χ1n) is 18.5. The predicted molar refractivity (Wildman–Crippen MR) is 241 cm³/mol. The van der Waals surface area contributed by atoms with E-state index in [9.17, 15) is 14.4 Å². The molecule has 0 aromatic heterocycles. The molecule has 308 valence electrons. The molecule has 5 nitrogen and oxygen atoms in total. The Labute approximate surface area is 381 Å². The van der Waals surface area contributed by atoms with Crippen molar-refractivity contribution in [2.75, 3.05) is 0 Å². The van der Waals surface area contributed by atoms with Crippen molar-refractivity contribution in [3.05, 3.63) is 252 Å². The van der Waals surface area contributed by atoms with Gasteiger partial charge >= 0.3 is 0 Å². The summed E-state index contributed by atoms with van der Waals surface area (Å²) in [6, 6.07) is 58.7. The van der Waals surface area contributed by atoms with Gasteiger partial charge in [0.25, 0.3) is 5.97 Å². The van der Waals surface area contributed by atoms with Crippen LogP contribution in [0.15, 0.2) is 218 Å². The molecule has 0 atom stereocenters. The number of hydrogen-bond donors (Lipinski definition) is 1. The first kappa shape index (κ1) is 51.6. The summed E-state index contributed by atoms with van der Waals surface area (Å²) in [5.41, 5.74) is 6.16. The van der Waals surface area contributed by atoms with Crippen LogP contribution in [0.2, 0.25) is 0 Å². The molecule has 0 spiro atoms. The summed E-state index contributed by atoms with van der Waals surface area (Å²) < 4.78 is 0. The number of hydrogen-bond acceptors (Lipinski definition) is 4. The number of carbonyl (C=O) groups is 4. The summed E-state index contributed by atoms with van der Waals surface area (Å²) in [7, 11) is 0. The van der Waals surface area contributed by atoms with E-state index in [1.165, 1.54) is 0 Å². The summed E-state index contributed by atoms with van der Waals surface area (Å²) in [4.78, 5) is 43.8. The van der Waals surface area contributed by atoms with Crippen LogP contribution in [-0.2, 0) is 60.0 Å². The summed E-state index contributed by atoms with van der Waals surface area (Å²) in [6.45, 7) is 1.08. The number of rotatable bonds is 12. The molecule has 0 aliphatic heterocycles. The Kier molecular flexibility index (Phi) is 28.0. The van der Waals surface area contributed by atoms with Crippen molar-refractivity contribution in [3.8, 4) is 0 Å². The molecule has 6 aromatic carbocycles. The molecule has 1 N–H and O–H groups in total. The van der Waals surface area contributed by atoms with Gasteiger partial charge in [0.15, 0.2) is 17.3 Å². The molecule has 0 fully saturated rings. The molecule has 0 aliphatic carbocycles. The van der Waals surface area contributed by atoms with E-state index in [2.05, 4.69) is 0 Å². The second-order valence-corrected chi connectivity index (χ2v) is 12.2. The number of ketones is 3. The van der Waals surface area contributed by atoms with Crippen molar-refractivity contribution >= 4 is 59.8 Å². The van der Waals surface area contributed by atoms with Crippen molar-refractivity contribution in [1.82, 2.24) is 0 Å². The summed E-state index contributed by atoms with van der Waals surface area (Å²) in [5, 5.41) is 7.42. The minimum atomic E-state index is -0.833. The van der Waals surface area contributed by atoms with Gasteiger partial charge in [-0.3, -0.25) is 19.2 Å². The normalized spacial score (nSPS) is 10.4. The maximum absolute atomic E-state index is 11.6. The fourth-order valence-corrected chi connectivity index (χ4v) is 4.62. The number of benzene rings is 6. The first-order chi connectivity index (χ1) is 28.3. The number of allylic oxidation sites excluding steroid dienone is 6. The van der Waals surface area contributed by atoms with E-state index >= 15 is 0 Å². The van der Waals surface area contributed by atoms with Crippen LogP contribution >= 0.6 is 0 Å². The van der Waals surface area contributed by atoms with Gasteiger partial charge in [-0.05, 0) is 69.8 Å². The standard InChI is InChI=1S/3C17H14O.C2H4O2.2Pd/c3*18-17(13-11-15-7-3-1-4-8-15)14-12-16-9-5-2-6-10-16;1-2(3)4;;/h3*1-14H;1H3,(H,3,4);;. The molecule has 0 aliphatic rings. The van der Waals surface area contributed by atoms with Crippen molar-refractivity contribution in [2.24, 2.45) is 0 Å². The van der Waals surface area contributed by atoms with Gasteiger partial charge in [0.2, 0.25) is 0 Å². The number of carboxylic acid groups (broad SMARTS) is 1. The molecular formula is C53H46O5Pd2. The van der Waals surface area contributed by atoms with Gasteiger partial charge in [-0.2, -0.15) is 0 Å². The molecule has 0 saturated heterocycles. The third-order valence-corrected chi connectivity index (χ3v) is 7.44. The molecule has 0 saturated carbocycles. The van der Waals surface area contributed by atoms with Crippen LogP contribution in [-0.4, -0.2) is 28.4 Å². The third-order valence-electron chi connectivity index (χ3n) is 7.44. The zero-order valence-corrected chi connectivity index (χ0v) is 36.1. The van der Waals surface area contributed by atoms with Gasteiger partial charge in [0.1, 0.15) is 0 Å². The average molecular weight is 976 g/mol. The van der Waals surface area contributed by atoms with E-state index in [0.29, 0.717) is 0 Å². The Bertz CT molecular complexity index is 1870. The van der Waals surface area contributed by atoms with Gasteiger partial charge in [0, 0.05) is 47.8 Å². The Morgan fingerprint density at radius 3 is 0.533 bits per heavy atom. The van der Waals surface area contributed by atoms with Gasteiger partial charge in [-0.25, -0.2) is 0 Å². The topological polar surface area (TPSA) is 88.5 Å². The summed E-state index contributed by atoms with van der Waals surface area (Å²) in [5.74, 6) is -0.867. The zero-order chi connectivity index (χ0) is 41.5. The van der Waals surface area contributed by atoms with Gasteiger partial charge in [-0.15, -0.1) is 0 Å². The van der Waals surface area contributed by atoms with Gasteiger partial charge < -0.3 is 5.11 Å². The zero-order valence-electron chi connectivity index (χ0n) is 33.0. The van der Waals surface area contributed by atoms with Crippen LogP contribution in [0.5, 0.6) is 0 Å². The quantitative estimate of drug-likeness (QED) is 0.0975. The monoisotopic (exact) mass is 974 g/mol. The molecule has 0 bridgehead atoms. The SMILES string of the molecule is CC(=O)O.O=C(C=Cc1ccccc1)C=Cc1ccccc1.O=C(C=Cc1ccccc1)C=Cc1ccccc1.O=C(C=Cc1ccccc1)C=Cc1ccccc1.[Pd].[Pd]. The molecule has 0 radical (unpaired) electrons. The number of aliphatic carboxylic acids is 1. The van der Waals surface area contributed by atoms with Crippen LogP contribution < -0.4 is 0 Å². The van der Waals surface area contributed by atoms with E-state index in [-0.39, 0.29) is 58.2 Å². The Morgan fingerprint density at radius 2 is 0.417 bits per heavy atom. The molecule has 0 amide bonds. The molecular weight excluding hydrogens is 929 g/mol. The number of carboxylic acids is 1. The third kappa shape index (κ3) is 25.7. The van der Waals surface area contributed by atoms with Crippen molar-refractivity contribution < 1.29 is 65.1 Å². The molecule has 0 unspecified atom stereocenters. The molecule has 6 aromatic rings. The van der Waals surface area contributed by atoms with E-state index in [1.54, 1.807) is 36.5 Å². The van der Waals surface area contributed by atoms with Crippen LogP contribution in [0.1, 0.15) is 40.3 Å². The molecule has 6 rings (SSSR count). The summed E-state index contributed by atoms with van der Waals surface area (Å²) in [6.07, 6.45) is 20.4. The fourth-order valence-electron chi connectivity index (χ4n) is 4.62. The van der Waals surface area contributed by atoms with E-state index < -0.39 is 5.97 Å². The second kappa shape index (κ2) is 32.5. The van der Waals surface area contributed by atoms with Gasteiger partial charge in [-0.1, -0.05) is 218 Å². The van der Waals surface area contributed by atoms with Crippen molar-refractivity contribution in [3.63, 3.8) is 0 Å². The van der Waals surface area contributed by atoms with Gasteiger partial charge in [0.05, 0.1) is 0 Å². The summed E-state index contributed by atoms with van der Waals surface area (Å²) >= 11 is 0.